The van der Waals surface area contributed by atoms with Crippen molar-refractivity contribution < 1.29 is 9.21 Å². The number of anilines is 1. The molecule has 0 bridgehead atoms. The average Bonchev–Trinajstić information content (AvgIpc) is 3.12. The molecule has 2 N–H and O–H groups in total. The number of amides is 1. The highest BCUT2D eigenvalue weighted by atomic mass is 16.3. The Hall–Kier alpha value is -3.33. The predicted molar refractivity (Wildman–Crippen MR) is 90.7 cm³/mol. The molecule has 0 radical (unpaired) electrons. The van der Waals surface area contributed by atoms with E-state index in [2.05, 4.69) is 21.7 Å². The zero-order valence-electron chi connectivity index (χ0n) is 13.2. The van der Waals surface area contributed by atoms with Crippen molar-refractivity contribution >= 4 is 22.6 Å². The van der Waals surface area contributed by atoms with Crippen LogP contribution in [0.3, 0.4) is 0 Å². The molecule has 0 aliphatic rings. The van der Waals surface area contributed by atoms with E-state index in [-0.39, 0.29) is 11.7 Å². The van der Waals surface area contributed by atoms with Gasteiger partial charge in [-0.3, -0.25) is 4.79 Å². The van der Waals surface area contributed by atoms with E-state index in [1.807, 2.05) is 31.2 Å². The molecule has 24 heavy (non-hydrogen) atoms. The fraction of sp³-hybridized carbons (Fsp3) is 0.167. The van der Waals surface area contributed by atoms with Gasteiger partial charge in [0.25, 0.3) is 5.91 Å². The SMILES string of the molecule is Cc1ccc2cc(C#N)c(NCCNC(=O)c3ccco3)nc2c1. The van der Waals surface area contributed by atoms with Crippen LogP contribution in [0.1, 0.15) is 21.7 Å². The molecule has 0 saturated heterocycles. The monoisotopic (exact) mass is 320 g/mol. The molecule has 0 unspecified atom stereocenters. The summed E-state index contributed by atoms with van der Waals surface area (Å²) >= 11 is 0. The number of carbonyl (C=O) groups is 1. The van der Waals surface area contributed by atoms with Gasteiger partial charge in [-0.15, -0.1) is 0 Å². The summed E-state index contributed by atoms with van der Waals surface area (Å²) in [5.41, 5.74) is 2.41. The number of aryl methyl sites for hydroxylation is 1. The largest absolute Gasteiger partial charge is 0.459 e. The molecule has 0 spiro atoms. The minimum atomic E-state index is -0.274. The highest BCUT2D eigenvalue weighted by Gasteiger charge is 2.09. The molecular formula is C18H16N4O2. The number of fused-ring (bicyclic) bond motifs is 1. The average molecular weight is 320 g/mol. The Labute approximate surface area is 139 Å². The van der Waals surface area contributed by atoms with E-state index in [0.29, 0.717) is 24.5 Å². The topological polar surface area (TPSA) is 91.0 Å². The number of nitriles is 1. The summed E-state index contributed by atoms with van der Waals surface area (Å²) in [6, 6.07) is 13.1. The molecule has 0 aliphatic heterocycles. The van der Waals surface area contributed by atoms with Crippen molar-refractivity contribution in [3.8, 4) is 6.07 Å². The lowest BCUT2D eigenvalue weighted by Crippen LogP contribution is -2.28. The summed E-state index contributed by atoms with van der Waals surface area (Å²) in [4.78, 5) is 16.3. The first kappa shape index (κ1) is 15.6. The van der Waals surface area contributed by atoms with E-state index in [1.165, 1.54) is 6.26 Å². The third-order valence-corrected chi connectivity index (χ3v) is 3.54. The molecule has 0 saturated carbocycles. The first-order valence-corrected chi connectivity index (χ1v) is 7.54. The summed E-state index contributed by atoms with van der Waals surface area (Å²) in [7, 11) is 0. The fourth-order valence-electron chi connectivity index (χ4n) is 2.35. The van der Waals surface area contributed by atoms with Gasteiger partial charge < -0.3 is 15.1 Å². The molecule has 2 aromatic heterocycles. The van der Waals surface area contributed by atoms with Crippen LogP contribution in [0, 0.1) is 18.3 Å². The predicted octanol–water partition coefficient (Wildman–Crippen LogP) is 2.85. The molecule has 6 heteroatoms. The van der Waals surface area contributed by atoms with Crippen LogP contribution in [0.25, 0.3) is 10.9 Å². The molecule has 0 fully saturated rings. The van der Waals surface area contributed by atoms with Gasteiger partial charge >= 0.3 is 0 Å². The number of nitrogens with zero attached hydrogens (tertiary/aromatic N) is 2. The minimum Gasteiger partial charge on any atom is -0.459 e. The third-order valence-electron chi connectivity index (χ3n) is 3.54. The Morgan fingerprint density at radius 1 is 1.29 bits per heavy atom. The van der Waals surface area contributed by atoms with Gasteiger partial charge in [-0.25, -0.2) is 4.98 Å². The van der Waals surface area contributed by atoms with Gasteiger partial charge in [-0.2, -0.15) is 5.26 Å². The second kappa shape index (κ2) is 6.84. The van der Waals surface area contributed by atoms with Crippen LogP contribution in [0.2, 0.25) is 0 Å². The first-order valence-electron chi connectivity index (χ1n) is 7.54. The Kier molecular flexibility index (Phi) is 4.43. The Morgan fingerprint density at radius 2 is 2.17 bits per heavy atom. The highest BCUT2D eigenvalue weighted by molar-refractivity contribution is 5.91. The molecule has 0 aliphatic carbocycles. The van der Waals surface area contributed by atoms with Crippen LogP contribution in [-0.4, -0.2) is 24.0 Å². The van der Waals surface area contributed by atoms with E-state index in [4.69, 9.17) is 4.42 Å². The van der Waals surface area contributed by atoms with Gasteiger partial charge in [0.15, 0.2) is 5.76 Å². The van der Waals surface area contributed by atoms with E-state index in [1.54, 1.807) is 12.1 Å². The van der Waals surface area contributed by atoms with Crippen molar-refractivity contribution in [1.82, 2.24) is 10.3 Å². The van der Waals surface area contributed by atoms with E-state index < -0.39 is 0 Å². The maximum Gasteiger partial charge on any atom is 0.287 e. The summed E-state index contributed by atoms with van der Waals surface area (Å²) in [5.74, 6) is 0.513. The number of pyridine rings is 1. The van der Waals surface area contributed by atoms with Gasteiger partial charge in [0.05, 0.1) is 17.3 Å². The number of rotatable bonds is 5. The Morgan fingerprint density at radius 3 is 2.92 bits per heavy atom. The van der Waals surface area contributed by atoms with Crippen molar-refractivity contribution in [2.45, 2.75) is 6.92 Å². The van der Waals surface area contributed by atoms with Gasteiger partial charge in [0, 0.05) is 18.5 Å². The fourth-order valence-corrected chi connectivity index (χ4v) is 2.35. The van der Waals surface area contributed by atoms with Crippen molar-refractivity contribution in [2.75, 3.05) is 18.4 Å². The molecule has 6 nitrogen and oxygen atoms in total. The highest BCUT2D eigenvalue weighted by Crippen LogP contribution is 2.20. The number of furan rings is 1. The lowest BCUT2D eigenvalue weighted by Gasteiger charge is -2.09. The lowest BCUT2D eigenvalue weighted by atomic mass is 10.1. The van der Waals surface area contributed by atoms with Gasteiger partial charge in [0.2, 0.25) is 0 Å². The van der Waals surface area contributed by atoms with E-state index in [9.17, 15) is 10.1 Å². The maximum atomic E-state index is 11.8. The molecule has 0 atom stereocenters. The van der Waals surface area contributed by atoms with E-state index in [0.717, 1.165) is 16.5 Å². The van der Waals surface area contributed by atoms with Crippen molar-refractivity contribution in [2.24, 2.45) is 0 Å². The maximum absolute atomic E-state index is 11.8. The normalized spacial score (nSPS) is 10.3. The molecule has 120 valence electrons. The zero-order chi connectivity index (χ0) is 16.9. The number of hydrogen-bond donors (Lipinski definition) is 2. The second-order valence-corrected chi connectivity index (χ2v) is 5.35. The summed E-state index contributed by atoms with van der Waals surface area (Å²) in [6.45, 7) is 2.83. The quantitative estimate of drug-likeness (QED) is 0.705. The standard InChI is InChI=1S/C18H16N4O2/c1-12-4-5-13-10-14(11-19)17(22-15(13)9-12)20-6-7-21-18(23)16-3-2-8-24-16/h2-5,8-10H,6-7H2,1H3,(H,20,22)(H,21,23). The third kappa shape index (κ3) is 3.36. The number of nitrogens with one attached hydrogen (secondary N) is 2. The summed E-state index contributed by atoms with van der Waals surface area (Å²) in [5, 5.41) is 16.0. The first-order chi connectivity index (χ1) is 11.7. The summed E-state index contributed by atoms with van der Waals surface area (Å²) < 4.78 is 5.02. The van der Waals surface area contributed by atoms with E-state index >= 15 is 0 Å². The molecule has 1 aromatic carbocycles. The van der Waals surface area contributed by atoms with Crippen LogP contribution in [0.4, 0.5) is 5.82 Å². The second-order valence-electron chi connectivity index (χ2n) is 5.35. The Bertz CT molecular complexity index is 911. The number of carbonyl (C=O) groups excluding carboxylic acids is 1. The smallest absolute Gasteiger partial charge is 0.287 e. The molecule has 3 rings (SSSR count). The number of benzene rings is 1. The van der Waals surface area contributed by atoms with Crippen molar-refractivity contribution in [3.05, 3.63) is 59.5 Å². The van der Waals surface area contributed by atoms with Crippen LogP contribution in [0.15, 0.2) is 47.1 Å². The molecular weight excluding hydrogens is 304 g/mol. The van der Waals surface area contributed by atoms with Crippen LogP contribution in [0.5, 0.6) is 0 Å². The lowest BCUT2D eigenvalue weighted by molar-refractivity contribution is 0.0927. The Balaban J connectivity index is 1.66. The molecule has 1 amide bonds. The zero-order valence-corrected chi connectivity index (χ0v) is 13.2. The van der Waals surface area contributed by atoms with Crippen molar-refractivity contribution in [3.63, 3.8) is 0 Å². The van der Waals surface area contributed by atoms with Crippen LogP contribution < -0.4 is 10.6 Å². The van der Waals surface area contributed by atoms with Gasteiger partial charge in [0.1, 0.15) is 11.9 Å². The van der Waals surface area contributed by atoms with Crippen LogP contribution in [-0.2, 0) is 0 Å². The van der Waals surface area contributed by atoms with Crippen LogP contribution >= 0.6 is 0 Å². The number of aromatic nitrogens is 1. The number of hydrogen-bond acceptors (Lipinski definition) is 5. The van der Waals surface area contributed by atoms with Gasteiger partial charge in [-0.1, -0.05) is 12.1 Å². The molecule has 3 aromatic rings. The summed E-state index contributed by atoms with van der Waals surface area (Å²) in [6.07, 6.45) is 1.45. The minimum absolute atomic E-state index is 0.270. The molecule has 2 heterocycles. The van der Waals surface area contributed by atoms with Crippen molar-refractivity contribution in [1.29, 1.82) is 5.26 Å². The van der Waals surface area contributed by atoms with Gasteiger partial charge in [-0.05, 0) is 36.8 Å².